The van der Waals surface area contributed by atoms with E-state index in [1.165, 1.54) is 12.1 Å². The smallest absolute Gasteiger partial charge is 0.414 e. The lowest BCUT2D eigenvalue weighted by atomic mass is 10.1. The molecule has 1 heterocycles. The number of fused-ring (bicyclic) bond motifs is 1. The number of rotatable bonds is 10. The number of nitrogens with one attached hydrogen (secondary N) is 1. The molecule has 0 aliphatic carbocycles. The van der Waals surface area contributed by atoms with Crippen LogP contribution in [0.5, 0.6) is 0 Å². The number of benzene rings is 2. The van der Waals surface area contributed by atoms with Crippen molar-refractivity contribution in [3.63, 3.8) is 0 Å². The van der Waals surface area contributed by atoms with Gasteiger partial charge in [0.2, 0.25) is 0 Å². The van der Waals surface area contributed by atoms with Crippen LogP contribution in [-0.4, -0.2) is 58.3 Å². The molecule has 3 rings (SSSR count). The number of nitrogens with zero attached hydrogens (tertiary/aromatic N) is 2. The fourth-order valence-corrected chi connectivity index (χ4v) is 3.71. The van der Waals surface area contributed by atoms with Crippen LogP contribution in [0.1, 0.15) is 33.3 Å². The van der Waals surface area contributed by atoms with E-state index in [1.54, 1.807) is 24.0 Å². The molecule has 0 aliphatic rings. The number of aromatic nitrogens is 1. The first-order valence-corrected chi connectivity index (χ1v) is 11.8. The normalized spacial score (nSPS) is 12.2. The highest BCUT2D eigenvalue weighted by molar-refractivity contribution is 5.92. The second kappa shape index (κ2) is 11.2. The molecule has 0 bridgehead atoms. The Hall–Kier alpha value is -2.94. The molecule has 8 heteroatoms. The van der Waals surface area contributed by atoms with Gasteiger partial charge in [-0.15, -0.1) is 0 Å². The summed E-state index contributed by atoms with van der Waals surface area (Å²) in [7, 11) is 0. The minimum atomic E-state index is -0.748. The Bertz CT molecular complexity index is 1120. The van der Waals surface area contributed by atoms with Crippen molar-refractivity contribution in [2.75, 3.05) is 31.2 Å². The first-order valence-electron chi connectivity index (χ1n) is 11.8. The highest BCUT2D eigenvalue weighted by Gasteiger charge is 2.24. The van der Waals surface area contributed by atoms with Gasteiger partial charge in [-0.25, -0.2) is 9.18 Å². The highest BCUT2D eigenvalue weighted by atomic mass is 19.1. The molecule has 3 N–H and O–H groups in total. The number of carbonyl (C=O) groups is 1. The molecule has 2 aromatic carbocycles. The third-order valence-corrected chi connectivity index (χ3v) is 5.82. The molecule has 3 aromatic rings. The van der Waals surface area contributed by atoms with Gasteiger partial charge in [0.1, 0.15) is 11.4 Å². The van der Waals surface area contributed by atoms with Crippen LogP contribution in [0.15, 0.2) is 54.7 Å². The van der Waals surface area contributed by atoms with E-state index in [1.807, 2.05) is 51.2 Å². The zero-order valence-electron chi connectivity index (χ0n) is 20.9. The summed E-state index contributed by atoms with van der Waals surface area (Å²) in [5, 5.41) is 23.2. The third kappa shape index (κ3) is 7.27. The number of hydrogen-bond donors (Lipinski definition) is 3. The van der Waals surface area contributed by atoms with Gasteiger partial charge in [0.05, 0.1) is 24.3 Å². The van der Waals surface area contributed by atoms with Crippen molar-refractivity contribution in [1.82, 2.24) is 9.88 Å². The lowest BCUT2D eigenvalue weighted by Gasteiger charge is -2.28. The molecule has 1 aromatic heterocycles. The molecule has 0 saturated heterocycles. The van der Waals surface area contributed by atoms with Crippen LogP contribution in [0, 0.1) is 5.82 Å². The van der Waals surface area contributed by atoms with Gasteiger partial charge in [0.15, 0.2) is 0 Å². The van der Waals surface area contributed by atoms with Crippen molar-refractivity contribution < 1.29 is 24.1 Å². The molecule has 0 unspecified atom stereocenters. The maximum absolute atomic E-state index is 13.3. The van der Waals surface area contributed by atoms with E-state index in [-0.39, 0.29) is 19.0 Å². The Labute approximate surface area is 206 Å². The summed E-state index contributed by atoms with van der Waals surface area (Å²) in [4.78, 5) is 14.7. The molecule has 7 nitrogen and oxygen atoms in total. The fourth-order valence-electron chi connectivity index (χ4n) is 3.71. The van der Waals surface area contributed by atoms with Crippen LogP contribution >= 0.6 is 0 Å². The van der Waals surface area contributed by atoms with Gasteiger partial charge in [0, 0.05) is 31.5 Å². The zero-order chi connectivity index (χ0) is 25.6. The van der Waals surface area contributed by atoms with E-state index in [0.717, 1.165) is 16.5 Å². The molecular weight excluding hydrogens is 449 g/mol. The van der Waals surface area contributed by atoms with Crippen LogP contribution in [0.3, 0.4) is 0 Å². The van der Waals surface area contributed by atoms with Crippen LogP contribution < -0.4 is 10.2 Å². The summed E-state index contributed by atoms with van der Waals surface area (Å²) in [6.07, 6.45) is 2.07. The Morgan fingerprint density at radius 1 is 1.06 bits per heavy atom. The maximum atomic E-state index is 13.3. The Balaban J connectivity index is 1.84. The van der Waals surface area contributed by atoms with E-state index in [9.17, 15) is 19.4 Å². The summed E-state index contributed by atoms with van der Waals surface area (Å²) >= 11 is 0. The van der Waals surface area contributed by atoms with Gasteiger partial charge in [0.25, 0.3) is 0 Å². The summed E-state index contributed by atoms with van der Waals surface area (Å²) in [5.74, 6) is -0.295. The maximum Gasteiger partial charge on any atom is 0.414 e. The molecule has 1 amide bonds. The molecule has 0 aliphatic heterocycles. The van der Waals surface area contributed by atoms with Gasteiger partial charge in [-0.05, 0) is 75.4 Å². The number of aliphatic hydroxyl groups is 2. The number of halogens is 1. The molecule has 190 valence electrons. The van der Waals surface area contributed by atoms with E-state index in [2.05, 4.69) is 9.88 Å². The topological polar surface area (TPSA) is 87.0 Å². The third-order valence-electron chi connectivity index (χ3n) is 5.82. The predicted octanol–water partition coefficient (Wildman–Crippen LogP) is 4.10. The van der Waals surface area contributed by atoms with E-state index in [4.69, 9.17) is 4.74 Å². The molecule has 0 atom stereocenters. The van der Waals surface area contributed by atoms with Gasteiger partial charge >= 0.3 is 6.09 Å². The predicted molar refractivity (Wildman–Crippen MR) is 136 cm³/mol. The molecule has 35 heavy (non-hydrogen) atoms. The largest absolute Gasteiger partial charge is 0.443 e. The Morgan fingerprint density at radius 3 is 2.37 bits per heavy atom. The SMILES string of the molecule is CC(CO)(CO)NCCn1ccc2ccc(N(CCc3ccc(F)cc3)C(=O)OC(C)(C)C)cc21. The van der Waals surface area contributed by atoms with Gasteiger partial charge in [-0.2, -0.15) is 0 Å². The van der Waals surface area contributed by atoms with Gasteiger partial charge < -0.3 is 24.8 Å². The average molecular weight is 486 g/mol. The summed E-state index contributed by atoms with van der Waals surface area (Å²) in [6.45, 7) is 8.46. The number of ether oxygens (including phenoxy) is 1. The second-order valence-electron chi connectivity index (χ2n) is 10.1. The van der Waals surface area contributed by atoms with Crippen LogP contribution in [0.25, 0.3) is 10.9 Å². The van der Waals surface area contributed by atoms with Crippen molar-refractivity contribution in [1.29, 1.82) is 0 Å². The first kappa shape index (κ1) is 26.7. The fraction of sp³-hybridized carbons (Fsp3) is 0.444. The molecule has 0 spiro atoms. The highest BCUT2D eigenvalue weighted by Crippen LogP contribution is 2.25. The number of hydrogen-bond acceptors (Lipinski definition) is 5. The van der Waals surface area contributed by atoms with Gasteiger partial charge in [-0.1, -0.05) is 18.2 Å². The average Bonchev–Trinajstić information content (AvgIpc) is 3.21. The lowest BCUT2D eigenvalue weighted by molar-refractivity contribution is 0.0581. The molecule has 0 saturated carbocycles. The summed E-state index contributed by atoms with van der Waals surface area (Å²) in [6, 6.07) is 14.1. The molecular formula is C27H36FN3O4. The standard InChI is InChI=1S/C27H36FN3O4/c1-26(2,3)35-25(34)31(15-11-20-5-8-22(28)9-6-20)23-10-7-21-12-14-30(24(21)17-23)16-13-29-27(4,18-32)19-33/h5-10,12,14,17,29,32-33H,11,13,15-16,18-19H2,1-4H3. The molecule has 0 radical (unpaired) electrons. The quantitative estimate of drug-likeness (QED) is 0.403. The van der Waals surface area contributed by atoms with Crippen LogP contribution in [0.4, 0.5) is 14.9 Å². The number of carbonyl (C=O) groups excluding carboxylic acids is 1. The summed E-state index contributed by atoms with van der Waals surface area (Å²) in [5.41, 5.74) is 1.19. The zero-order valence-corrected chi connectivity index (χ0v) is 20.9. The minimum Gasteiger partial charge on any atom is -0.443 e. The van der Waals surface area contributed by atoms with Crippen LogP contribution in [0.2, 0.25) is 0 Å². The number of aliphatic hydroxyl groups excluding tert-OH is 2. The Kier molecular flexibility index (Phi) is 8.53. The second-order valence-corrected chi connectivity index (χ2v) is 10.1. The van der Waals surface area contributed by atoms with Crippen molar-refractivity contribution in [3.8, 4) is 0 Å². The lowest BCUT2D eigenvalue weighted by Crippen LogP contribution is -2.49. The van der Waals surface area contributed by atoms with Gasteiger partial charge in [-0.3, -0.25) is 4.90 Å². The summed E-state index contributed by atoms with van der Waals surface area (Å²) < 4.78 is 21.0. The van der Waals surface area contributed by atoms with E-state index < -0.39 is 17.2 Å². The van der Waals surface area contributed by atoms with E-state index in [0.29, 0.717) is 31.7 Å². The van der Waals surface area contributed by atoms with Crippen molar-refractivity contribution in [2.45, 2.75) is 51.8 Å². The van der Waals surface area contributed by atoms with Crippen LogP contribution in [-0.2, 0) is 17.7 Å². The van der Waals surface area contributed by atoms with Crippen molar-refractivity contribution >= 4 is 22.7 Å². The molecule has 0 fully saturated rings. The van der Waals surface area contributed by atoms with E-state index >= 15 is 0 Å². The number of anilines is 1. The monoisotopic (exact) mass is 485 g/mol. The Morgan fingerprint density at radius 2 is 1.74 bits per heavy atom. The first-order chi connectivity index (χ1) is 16.5. The van der Waals surface area contributed by atoms with Crippen molar-refractivity contribution in [3.05, 3.63) is 66.1 Å². The van der Waals surface area contributed by atoms with Crippen molar-refractivity contribution in [2.24, 2.45) is 0 Å². The minimum absolute atomic E-state index is 0.168. The number of amides is 1.